The van der Waals surface area contributed by atoms with Crippen molar-refractivity contribution in [2.45, 2.75) is 12.5 Å². The van der Waals surface area contributed by atoms with E-state index in [1.165, 1.54) is 21.3 Å². The number of rotatable bonds is 11. The molecule has 2 heterocycles. The van der Waals surface area contributed by atoms with Crippen molar-refractivity contribution in [1.29, 1.82) is 0 Å². The van der Waals surface area contributed by atoms with Gasteiger partial charge in [-0.2, -0.15) is 0 Å². The van der Waals surface area contributed by atoms with E-state index < -0.39 is 29.8 Å². The van der Waals surface area contributed by atoms with Crippen LogP contribution in [0.25, 0.3) is 0 Å². The number of ether oxygens (including phenoxy) is 6. The highest BCUT2D eigenvalue weighted by atomic mass is 16.5. The van der Waals surface area contributed by atoms with Crippen LogP contribution in [-0.4, -0.2) is 153 Å². The second kappa shape index (κ2) is 19.8. The molecule has 2 aliphatic heterocycles. The molecular formula is C26H38N2O15. The summed E-state index contributed by atoms with van der Waals surface area (Å²) in [7, 11) is 4.55. The van der Waals surface area contributed by atoms with Crippen molar-refractivity contribution in [3.8, 4) is 17.2 Å². The molecule has 2 aliphatic rings. The SMILES string of the molecule is COc1cc(C(=O)OCCN2CCC(OCCN3CCOCC3)C2)cc(OC)c1OC.O=C(O)C(=O)O.O=C(O)C(=O)O. The van der Waals surface area contributed by atoms with Crippen LogP contribution in [0.3, 0.4) is 0 Å². The van der Waals surface area contributed by atoms with Gasteiger partial charge >= 0.3 is 29.8 Å². The third-order valence-corrected chi connectivity index (χ3v) is 6.00. The van der Waals surface area contributed by atoms with E-state index in [0.29, 0.717) is 36.0 Å². The average molecular weight is 619 g/mol. The highest BCUT2D eigenvalue weighted by Crippen LogP contribution is 2.38. The van der Waals surface area contributed by atoms with Crippen molar-refractivity contribution in [2.24, 2.45) is 0 Å². The number of hydrogen-bond donors (Lipinski definition) is 4. The predicted molar refractivity (Wildman–Crippen MR) is 145 cm³/mol. The van der Waals surface area contributed by atoms with E-state index in [4.69, 9.17) is 68.0 Å². The Bertz CT molecular complexity index is 1000. The number of nitrogens with zero attached hydrogens (tertiary/aromatic N) is 2. The summed E-state index contributed by atoms with van der Waals surface area (Å²) in [5, 5.41) is 29.6. The fourth-order valence-corrected chi connectivity index (χ4v) is 3.86. The van der Waals surface area contributed by atoms with Gasteiger partial charge in [-0.15, -0.1) is 0 Å². The van der Waals surface area contributed by atoms with E-state index in [1.807, 2.05) is 0 Å². The maximum Gasteiger partial charge on any atom is 0.414 e. The van der Waals surface area contributed by atoms with E-state index in [0.717, 1.165) is 59.0 Å². The van der Waals surface area contributed by atoms with Gasteiger partial charge in [0.25, 0.3) is 0 Å². The zero-order valence-electron chi connectivity index (χ0n) is 24.2. The van der Waals surface area contributed by atoms with Gasteiger partial charge in [0.05, 0.1) is 52.8 Å². The molecule has 0 spiro atoms. The number of benzene rings is 1. The van der Waals surface area contributed by atoms with Gasteiger partial charge in [0.1, 0.15) is 6.61 Å². The van der Waals surface area contributed by atoms with Crippen molar-refractivity contribution >= 4 is 29.8 Å². The van der Waals surface area contributed by atoms with Crippen molar-refractivity contribution < 1.29 is 72.8 Å². The summed E-state index contributed by atoms with van der Waals surface area (Å²) in [6.45, 7) is 8.10. The molecule has 242 valence electrons. The van der Waals surface area contributed by atoms with Gasteiger partial charge in [-0.1, -0.05) is 0 Å². The lowest BCUT2D eigenvalue weighted by Gasteiger charge is -2.26. The average Bonchev–Trinajstić information content (AvgIpc) is 3.44. The second-order valence-electron chi connectivity index (χ2n) is 8.81. The van der Waals surface area contributed by atoms with Crippen molar-refractivity contribution in [1.82, 2.24) is 9.80 Å². The molecule has 3 rings (SSSR count). The van der Waals surface area contributed by atoms with Crippen molar-refractivity contribution in [2.75, 3.05) is 87.0 Å². The summed E-state index contributed by atoms with van der Waals surface area (Å²) >= 11 is 0. The first-order valence-corrected chi connectivity index (χ1v) is 13.0. The van der Waals surface area contributed by atoms with Crippen LogP contribution in [0, 0.1) is 0 Å². The highest BCUT2D eigenvalue weighted by Gasteiger charge is 2.24. The molecule has 17 heteroatoms. The van der Waals surface area contributed by atoms with E-state index in [9.17, 15) is 4.79 Å². The summed E-state index contributed by atoms with van der Waals surface area (Å²) in [5.41, 5.74) is 0.361. The fraction of sp³-hybridized carbons (Fsp3) is 0.577. The number of carbonyl (C=O) groups excluding carboxylic acids is 1. The number of methoxy groups -OCH3 is 3. The zero-order chi connectivity index (χ0) is 32.4. The van der Waals surface area contributed by atoms with E-state index in [2.05, 4.69) is 9.80 Å². The van der Waals surface area contributed by atoms with Crippen LogP contribution in [0.15, 0.2) is 12.1 Å². The normalized spacial score (nSPS) is 16.4. The molecule has 0 aromatic heterocycles. The van der Waals surface area contributed by atoms with Gasteiger partial charge in [-0.3, -0.25) is 9.80 Å². The van der Waals surface area contributed by atoms with Gasteiger partial charge in [0, 0.05) is 39.3 Å². The molecule has 0 amide bonds. The van der Waals surface area contributed by atoms with Crippen LogP contribution in [0.5, 0.6) is 17.2 Å². The van der Waals surface area contributed by atoms with Crippen LogP contribution in [0.1, 0.15) is 16.8 Å². The lowest BCUT2D eigenvalue weighted by Crippen LogP contribution is -2.39. The summed E-state index contributed by atoms with van der Waals surface area (Å²) in [6, 6.07) is 3.19. The maximum atomic E-state index is 12.5. The summed E-state index contributed by atoms with van der Waals surface area (Å²) in [6.07, 6.45) is 1.25. The monoisotopic (exact) mass is 618 g/mol. The lowest BCUT2D eigenvalue weighted by atomic mass is 10.2. The number of carboxylic acids is 4. The topological polar surface area (TPSA) is 228 Å². The van der Waals surface area contributed by atoms with E-state index in [1.54, 1.807) is 12.1 Å². The molecule has 0 bridgehead atoms. The zero-order valence-corrected chi connectivity index (χ0v) is 24.2. The quantitative estimate of drug-likeness (QED) is 0.183. The van der Waals surface area contributed by atoms with Crippen LogP contribution in [0.4, 0.5) is 0 Å². The summed E-state index contributed by atoms with van der Waals surface area (Å²) in [4.78, 5) is 53.5. The van der Waals surface area contributed by atoms with Crippen LogP contribution >= 0.6 is 0 Å². The molecule has 4 N–H and O–H groups in total. The minimum atomic E-state index is -1.82. The molecule has 1 unspecified atom stereocenters. The third kappa shape index (κ3) is 14.0. The number of carboxylic acid groups (broad SMARTS) is 4. The molecule has 17 nitrogen and oxygen atoms in total. The van der Waals surface area contributed by atoms with Crippen LogP contribution in [0.2, 0.25) is 0 Å². The number of likely N-dealkylation sites (tertiary alicyclic amines) is 1. The molecule has 1 atom stereocenters. The molecule has 0 aliphatic carbocycles. The predicted octanol–water partition coefficient (Wildman–Crippen LogP) is -0.396. The minimum absolute atomic E-state index is 0.242. The Morgan fingerprint density at radius 3 is 1.74 bits per heavy atom. The minimum Gasteiger partial charge on any atom is -0.493 e. The first kappa shape index (κ1) is 36.8. The molecule has 1 aromatic rings. The standard InChI is InChI=1S/C22H34N2O7.2C2H2O4/c1-26-19-14-17(15-20(27-2)21(19)28-3)22(25)31-13-9-24-5-4-18(16-24)30-12-8-23-6-10-29-11-7-23;2*3-1(4)2(5)6/h14-15,18H,4-13,16H2,1-3H3;2*(H,3,4)(H,5,6). The van der Waals surface area contributed by atoms with E-state index in [-0.39, 0.29) is 6.10 Å². The Kier molecular flexibility index (Phi) is 17.0. The van der Waals surface area contributed by atoms with Gasteiger partial charge in [0.15, 0.2) is 11.5 Å². The molecule has 0 radical (unpaired) electrons. The Morgan fingerprint density at radius 1 is 0.767 bits per heavy atom. The molecule has 1 aromatic carbocycles. The van der Waals surface area contributed by atoms with E-state index >= 15 is 0 Å². The third-order valence-electron chi connectivity index (χ3n) is 6.00. The summed E-state index contributed by atoms with van der Waals surface area (Å²) < 4.78 is 32.7. The molecule has 43 heavy (non-hydrogen) atoms. The van der Waals surface area contributed by atoms with Gasteiger partial charge in [-0.05, 0) is 18.6 Å². The highest BCUT2D eigenvalue weighted by molar-refractivity contribution is 6.27. The number of hydrogen-bond acceptors (Lipinski definition) is 13. The second-order valence-corrected chi connectivity index (χ2v) is 8.81. The maximum absolute atomic E-state index is 12.5. The number of morpholine rings is 1. The molecule has 2 fully saturated rings. The van der Waals surface area contributed by atoms with Gasteiger partial charge in [-0.25, -0.2) is 24.0 Å². The molecular weight excluding hydrogens is 580 g/mol. The number of carbonyl (C=O) groups is 5. The first-order chi connectivity index (χ1) is 20.4. The van der Waals surface area contributed by atoms with Gasteiger partial charge < -0.3 is 48.8 Å². The van der Waals surface area contributed by atoms with Crippen molar-refractivity contribution in [3.63, 3.8) is 0 Å². The Morgan fingerprint density at radius 2 is 1.28 bits per heavy atom. The number of esters is 1. The Balaban J connectivity index is 0.000000649. The van der Waals surface area contributed by atoms with Crippen LogP contribution in [-0.2, 0) is 33.4 Å². The molecule has 0 saturated carbocycles. The van der Waals surface area contributed by atoms with Gasteiger partial charge in [0.2, 0.25) is 5.75 Å². The summed E-state index contributed by atoms with van der Waals surface area (Å²) in [5.74, 6) is -6.43. The smallest absolute Gasteiger partial charge is 0.414 e. The largest absolute Gasteiger partial charge is 0.493 e. The lowest BCUT2D eigenvalue weighted by molar-refractivity contribution is -0.159. The molecule has 2 saturated heterocycles. The van der Waals surface area contributed by atoms with Crippen molar-refractivity contribution in [3.05, 3.63) is 17.7 Å². The van der Waals surface area contributed by atoms with Crippen LogP contribution < -0.4 is 14.2 Å². The first-order valence-electron chi connectivity index (χ1n) is 13.0. The Hall–Kier alpha value is -4.19. The Labute approximate surface area is 247 Å². The fourth-order valence-electron chi connectivity index (χ4n) is 3.86. The number of aliphatic carboxylic acids is 4.